The average molecular weight is 636 g/mol. The minimum Gasteiger partial charge on any atom is -0.466 e. The van der Waals surface area contributed by atoms with Crippen LogP contribution >= 0.6 is 37.2 Å². The molecule has 2 heterocycles. The average Bonchev–Trinajstić information content (AvgIpc) is 2.87. The van der Waals surface area contributed by atoms with Crippen LogP contribution in [0.1, 0.15) is 39.2 Å². The van der Waals surface area contributed by atoms with Crippen molar-refractivity contribution in [2.75, 3.05) is 53.0 Å². The van der Waals surface area contributed by atoms with Crippen molar-refractivity contribution < 1.29 is 24.0 Å². The summed E-state index contributed by atoms with van der Waals surface area (Å²) in [6.07, 6.45) is 1.92. The summed E-state index contributed by atoms with van der Waals surface area (Å²) >= 11 is 0. The summed E-state index contributed by atoms with van der Waals surface area (Å²) in [6.45, 7) is 17.0. The van der Waals surface area contributed by atoms with Gasteiger partial charge < -0.3 is 19.7 Å². The van der Waals surface area contributed by atoms with E-state index in [9.17, 15) is 19.7 Å². The highest BCUT2D eigenvalue weighted by molar-refractivity contribution is 5.99. The van der Waals surface area contributed by atoms with E-state index in [-0.39, 0.29) is 66.1 Å². The number of non-ortho nitro benzene ring substituents is 1. The number of rotatable bonds is 10. The Hall–Kier alpha value is -2.63. The van der Waals surface area contributed by atoms with Crippen LogP contribution in [0.3, 0.4) is 0 Å². The maximum absolute atomic E-state index is 13.6. The number of piperazine rings is 1. The third-order valence-electron chi connectivity index (χ3n) is 6.90. The SMILES string of the molecule is C=CCN1CCN(CC(C)(C)COC(=O)C2=C(C)NC(C)=C(C(=O)OC)C2c2cccc([N+](=O)[O-])c2)CC1.Cl.Cl.Cl. The van der Waals surface area contributed by atoms with Crippen molar-refractivity contribution in [3.63, 3.8) is 0 Å². The van der Waals surface area contributed by atoms with Gasteiger partial charge in [-0.2, -0.15) is 0 Å². The number of nitro benzene ring substituents is 1. The molecule has 1 aromatic carbocycles. The molecule has 1 fully saturated rings. The van der Waals surface area contributed by atoms with Crippen molar-refractivity contribution in [2.45, 2.75) is 33.6 Å². The monoisotopic (exact) mass is 634 g/mol. The van der Waals surface area contributed by atoms with Gasteiger partial charge in [0.25, 0.3) is 5.69 Å². The quantitative estimate of drug-likeness (QED) is 0.170. The summed E-state index contributed by atoms with van der Waals surface area (Å²) in [5, 5.41) is 14.5. The molecule has 1 saturated heterocycles. The van der Waals surface area contributed by atoms with Crippen molar-refractivity contribution in [3.05, 3.63) is 75.1 Å². The third kappa shape index (κ3) is 9.72. The first-order valence-electron chi connectivity index (χ1n) is 12.7. The van der Waals surface area contributed by atoms with Gasteiger partial charge in [-0.05, 0) is 19.4 Å². The van der Waals surface area contributed by atoms with E-state index in [4.69, 9.17) is 9.47 Å². The van der Waals surface area contributed by atoms with E-state index in [0.29, 0.717) is 17.0 Å². The second kappa shape index (κ2) is 16.7. The Kier molecular flexibility index (Phi) is 15.6. The Morgan fingerprint density at radius 2 is 1.63 bits per heavy atom. The summed E-state index contributed by atoms with van der Waals surface area (Å²) in [5.41, 5.74) is 1.45. The van der Waals surface area contributed by atoms with Gasteiger partial charge in [0.15, 0.2) is 0 Å². The van der Waals surface area contributed by atoms with Gasteiger partial charge >= 0.3 is 11.9 Å². The van der Waals surface area contributed by atoms with Crippen LogP contribution in [0.5, 0.6) is 0 Å². The van der Waals surface area contributed by atoms with Gasteiger partial charge in [-0.15, -0.1) is 43.8 Å². The van der Waals surface area contributed by atoms with Gasteiger partial charge in [0.2, 0.25) is 0 Å². The fraction of sp³-hybridized carbons (Fsp3) is 0.500. The summed E-state index contributed by atoms with van der Waals surface area (Å²) in [5.74, 6) is -2.08. The van der Waals surface area contributed by atoms with E-state index in [1.54, 1.807) is 19.9 Å². The van der Waals surface area contributed by atoms with E-state index in [1.165, 1.54) is 25.3 Å². The topological polar surface area (TPSA) is 114 Å². The molecule has 0 spiro atoms. The number of nitrogens with one attached hydrogen (secondary N) is 1. The van der Waals surface area contributed by atoms with Crippen molar-refractivity contribution >= 4 is 54.8 Å². The molecular weight excluding hydrogens is 595 g/mol. The van der Waals surface area contributed by atoms with E-state index in [1.807, 2.05) is 6.08 Å². The number of methoxy groups -OCH3 is 1. The molecule has 1 unspecified atom stereocenters. The Morgan fingerprint density at radius 1 is 1.07 bits per heavy atom. The van der Waals surface area contributed by atoms with Crippen LogP contribution in [0.2, 0.25) is 0 Å². The lowest BCUT2D eigenvalue weighted by molar-refractivity contribution is -0.384. The molecule has 1 aromatic rings. The first-order chi connectivity index (χ1) is 18.0. The molecule has 0 aromatic heterocycles. The van der Waals surface area contributed by atoms with Crippen molar-refractivity contribution in [1.29, 1.82) is 0 Å². The Morgan fingerprint density at radius 3 is 2.17 bits per heavy atom. The van der Waals surface area contributed by atoms with E-state index < -0.39 is 22.8 Å². The molecule has 2 aliphatic rings. The highest BCUT2D eigenvalue weighted by atomic mass is 35.5. The molecule has 0 amide bonds. The van der Waals surface area contributed by atoms with Gasteiger partial charge in [0.1, 0.15) is 0 Å². The van der Waals surface area contributed by atoms with Crippen LogP contribution in [0.15, 0.2) is 59.5 Å². The zero-order valence-electron chi connectivity index (χ0n) is 24.1. The Bertz CT molecular complexity index is 1160. The number of hydrogen-bond acceptors (Lipinski definition) is 9. The Balaban J connectivity index is 0.00000533. The van der Waals surface area contributed by atoms with Crippen LogP contribution < -0.4 is 5.32 Å². The Labute approximate surface area is 260 Å². The summed E-state index contributed by atoms with van der Waals surface area (Å²) < 4.78 is 10.9. The number of benzene rings is 1. The number of nitrogens with zero attached hydrogens (tertiary/aromatic N) is 3. The molecule has 1 atom stereocenters. The zero-order valence-corrected chi connectivity index (χ0v) is 26.6. The van der Waals surface area contributed by atoms with Crippen LogP contribution in [0, 0.1) is 15.5 Å². The number of dihydropyridines is 1. The number of esters is 2. The summed E-state index contributed by atoms with van der Waals surface area (Å²) in [4.78, 5) is 42.1. The smallest absolute Gasteiger partial charge is 0.336 e. The molecule has 13 heteroatoms. The van der Waals surface area contributed by atoms with Gasteiger partial charge in [-0.25, -0.2) is 9.59 Å². The van der Waals surface area contributed by atoms with Crippen LogP contribution in [-0.4, -0.2) is 79.6 Å². The van der Waals surface area contributed by atoms with Gasteiger partial charge in [0.05, 0.1) is 35.7 Å². The molecule has 0 bridgehead atoms. The molecule has 0 saturated carbocycles. The molecule has 0 radical (unpaired) electrons. The molecule has 1 N–H and O–H groups in total. The molecule has 3 rings (SSSR count). The number of carbonyl (C=O) groups is 2. The number of halogens is 3. The molecule has 0 aliphatic carbocycles. The minimum atomic E-state index is -0.878. The summed E-state index contributed by atoms with van der Waals surface area (Å²) in [7, 11) is 1.26. The molecule has 10 nitrogen and oxygen atoms in total. The second-order valence-electron chi connectivity index (χ2n) is 10.6. The van der Waals surface area contributed by atoms with Crippen LogP contribution in [-0.2, 0) is 19.1 Å². The summed E-state index contributed by atoms with van der Waals surface area (Å²) in [6, 6.07) is 5.95. The predicted molar refractivity (Wildman–Crippen MR) is 166 cm³/mol. The highest BCUT2D eigenvalue weighted by Gasteiger charge is 2.39. The zero-order chi connectivity index (χ0) is 28.0. The third-order valence-corrected chi connectivity index (χ3v) is 6.90. The number of ether oxygens (including phenoxy) is 2. The van der Waals surface area contributed by atoms with Crippen molar-refractivity contribution in [3.8, 4) is 0 Å². The molecule has 230 valence electrons. The van der Waals surface area contributed by atoms with E-state index >= 15 is 0 Å². The first kappa shape index (κ1) is 38.4. The van der Waals surface area contributed by atoms with Gasteiger partial charge in [-0.1, -0.05) is 32.1 Å². The maximum Gasteiger partial charge on any atom is 0.336 e. The van der Waals surface area contributed by atoms with Crippen LogP contribution in [0.25, 0.3) is 0 Å². The van der Waals surface area contributed by atoms with Gasteiger partial charge in [-0.3, -0.25) is 15.0 Å². The first-order valence-corrected chi connectivity index (χ1v) is 12.7. The second-order valence-corrected chi connectivity index (χ2v) is 10.6. The number of carbonyl (C=O) groups excluding carboxylic acids is 2. The number of allylic oxidation sites excluding steroid dienone is 2. The molecule has 41 heavy (non-hydrogen) atoms. The number of hydrogen-bond donors (Lipinski definition) is 1. The lowest BCUT2D eigenvalue weighted by Gasteiger charge is -2.38. The van der Waals surface area contributed by atoms with Gasteiger partial charge in [0, 0.05) is 68.2 Å². The fourth-order valence-electron chi connectivity index (χ4n) is 5.10. The fourth-order valence-corrected chi connectivity index (χ4v) is 5.10. The maximum atomic E-state index is 13.6. The largest absolute Gasteiger partial charge is 0.466 e. The molecular formula is C28H41Cl3N4O6. The normalized spacial score (nSPS) is 17.7. The lowest BCUT2D eigenvalue weighted by Crippen LogP contribution is -2.49. The van der Waals surface area contributed by atoms with Crippen molar-refractivity contribution in [2.24, 2.45) is 5.41 Å². The van der Waals surface area contributed by atoms with E-state index in [0.717, 1.165) is 39.3 Å². The minimum absolute atomic E-state index is 0. The lowest BCUT2D eigenvalue weighted by atomic mass is 9.80. The van der Waals surface area contributed by atoms with E-state index in [2.05, 4.69) is 35.5 Å². The standard InChI is InChI=1S/C28H38N4O6.3ClH/c1-7-11-30-12-14-31(15-13-30)17-28(4,5)18-38-27(34)24-20(3)29-19(2)23(26(33)37-6)25(24)21-9-8-10-22(16-21)32(35)36;;;/h7-10,16,25,29H,1,11-15,17-18H2,2-6H3;3*1H. The number of nitro groups is 1. The predicted octanol–water partition coefficient (Wildman–Crippen LogP) is 4.64. The molecule has 2 aliphatic heterocycles. The highest BCUT2D eigenvalue weighted by Crippen LogP contribution is 2.40. The van der Waals surface area contributed by atoms with Crippen molar-refractivity contribution in [1.82, 2.24) is 15.1 Å². The van der Waals surface area contributed by atoms with Crippen LogP contribution in [0.4, 0.5) is 5.69 Å².